The maximum Gasteiger partial charge on any atom is 0.264 e. The van der Waals surface area contributed by atoms with Gasteiger partial charge in [0.25, 0.3) is 16.0 Å². The number of nitrogens with one attached hydrogen (secondary N) is 2. The van der Waals surface area contributed by atoms with Crippen LogP contribution in [0.15, 0.2) is 52.0 Å². The summed E-state index contributed by atoms with van der Waals surface area (Å²) >= 11 is 0. The minimum Gasteiger partial charge on any atom is -0.469 e. The van der Waals surface area contributed by atoms with Gasteiger partial charge in [-0.3, -0.25) is 5.10 Å². The molecule has 2 heterocycles. The second-order valence-electron chi connectivity index (χ2n) is 6.02. The molecule has 0 aliphatic heterocycles. The Morgan fingerprint density at radius 3 is 2.76 bits per heavy atom. The largest absolute Gasteiger partial charge is 0.469 e. The number of benzene rings is 1. The Balaban J connectivity index is 1.70. The fraction of sp³-hybridized carbons (Fsp3) is 0.294. The van der Waals surface area contributed by atoms with Crippen molar-refractivity contribution in [1.29, 1.82) is 0 Å². The zero-order valence-electron chi connectivity index (χ0n) is 14.1. The average molecular weight is 360 g/mol. The summed E-state index contributed by atoms with van der Waals surface area (Å²) in [6.45, 7) is 4.03. The van der Waals surface area contributed by atoms with Crippen molar-refractivity contribution in [2.75, 3.05) is 4.72 Å². The summed E-state index contributed by atoms with van der Waals surface area (Å²) in [6.07, 6.45) is 2.84. The van der Waals surface area contributed by atoms with Crippen LogP contribution in [0.25, 0.3) is 0 Å². The number of aryl methyl sites for hydroxylation is 2. The van der Waals surface area contributed by atoms with Crippen LogP contribution < -0.4 is 4.72 Å². The van der Waals surface area contributed by atoms with E-state index in [0.29, 0.717) is 18.7 Å². The average Bonchev–Trinajstić information content (AvgIpc) is 3.24. The van der Waals surface area contributed by atoms with Gasteiger partial charge in [0.2, 0.25) is 0 Å². The molecule has 0 aliphatic carbocycles. The molecule has 2 aromatic heterocycles. The molecule has 0 atom stereocenters. The van der Waals surface area contributed by atoms with Gasteiger partial charge in [-0.05, 0) is 35.7 Å². The maximum atomic E-state index is 12.5. The molecule has 2 N–H and O–H groups in total. The normalized spacial score (nSPS) is 11.8. The molecule has 0 spiro atoms. The molecule has 0 saturated carbocycles. The zero-order valence-corrected chi connectivity index (χ0v) is 14.9. The molecular formula is C17H20N4O3S. The molecular weight excluding hydrogens is 340 g/mol. The highest BCUT2D eigenvalue weighted by molar-refractivity contribution is 7.92. The number of furan rings is 1. The summed E-state index contributed by atoms with van der Waals surface area (Å²) in [7, 11) is -3.73. The second kappa shape index (κ2) is 7.10. The second-order valence-corrected chi connectivity index (χ2v) is 7.70. The molecule has 0 aliphatic rings. The lowest BCUT2D eigenvalue weighted by molar-refractivity contribution is 0.506. The molecule has 0 radical (unpaired) electrons. The van der Waals surface area contributed by atoms with E-state index in [1.165, 1.54) is 0 Å². The van der Waals surface area contributed by atoms with Gasteiger partial charge in [0, 0.05) is 12.8 Å². The first-order valence-electron chi connectivity index (χ1n) is 8.00. The van der Waals surface area contributed by atoms with Crippen molar-refractivity contribution in [1.82, 2.24) is 15.2 Å². The molecule has 0 amide bonds. The lowest BCUT2D eigenvalue weighted by Crippen LogP contribution is -2.14. The quantitative estimate of drug-likeness (QED) is 0.674. The van der Waals surface area contributed by atoms with E-state index in [4.69, 9.17) is 4.42 Å². The molecule has 1 aromatic carbocycles. The number of nitrogens with zero attached hydrogens (tertiary/aromatic N) is 2. The molecule has 0 fully saturated rings. The van der Waals surface area contributed by atoms with Gasteiger partial charge in [0.1, 0.15) is 11.6 Å². The lowest BCUT2D eigenvalue weighted by Gasteiger charge is -2.09. The molecule has 25 heavy (non-hydrogen) atoms. The van der Waals surface area contributed by atoms with Gasteiger partial charge in [-0.25, -0.2) is 13.1 Å². The first-order valence-corrected chi connectivity index (χ1v) is 9.49. The van der Waals surface area contributed by atoms with E-state index in [1.807, 2.05) is 32.0 Å². The Bertz CT molecular complexity index is 930. The predicted molar refractivity (Wildman–Crippen MR) is 93.8 cm³/mol. The van der Waals surface area contributed by atoms with Crippen molar-refractivity contribution in [2.45, 2.75) is 37.5 Å². The number of aromatic nitrogens is 3. The first-order chi connectivity index (χ1) is 11.9. The maximum absolute atomic E-state index is 12.5. The van der Waals surface area contributed by atoms with Gasteiger partial charge >= 0.3 is 0 Å². The van der Waals surface area contributed by atoms with E-state index in [2.05, 4.69) is 19.9 Å². The van der Waals surface area contributed by atoms with Gasteiger partial charge in [-0.2, -0.15) is 4.98 Å². The Hall–Kier alpha value is -2.61. The number of H-pyrrole nitrogens is 1. The van der Waals surface area contributed by atoms with Crippen LogP contribution in [0, 0.1) is 0 Å². The molecule has 0 unspecified atom stereocenters. The van der Waals surface area contributed by atoms with Gasteiger partial charge in [0.05, 0.1) is 11.2 Å². The molecule has 8 heteroatoms. The highest BCUT2D eigenvalue weighted by Crippen LogP contribution is 2.20. The van der Waals surface area contributed by atoms with E-state index >= 15 is 0 Å². The van der Waals surface area contributed by atoms with Crippen molar-refractivity contribution in [2.24, 2.45) is 0 Å². The van der Waals surface area contributed by atoms with E-state index in [-0.39, 0.29) is 16.8 Å². The topological polar surface area (TPSA) is 101 Å². The van der Waals surface area contributed by atoms with Gasteiger partial charge in [-0.1, -0.05) is 26.0 Å². The van der Waals surface area contributed by atoms with Crippen molar-refractivity contribution in [3.05, 3.63) is 59.8 Å². The first kappa shape index (κ1) is 17.2. The highest BCUT2D eigenvalue weighted by Gasteiger charge is 2.18. The van der Waals surface area contributed by atoms with Crippen LogP contribution in [0.1, 0.15) is 36.9 Å². The van der Waals surface area contributed by atoms with Crippen molar-refractivity contribution >= 4 is 16.0 Å². The Morgan fingerprint density at radius 1 is 1.20 bits per heavy atom. The molecule has 0 bridgehead atoms. The SMILES string of the molecule is CC(C)c1cccc(S(=O)(=O)Nc2n[nH]c(CCc3ccco3)n2)c1. The van der Waals surface area contributed by atoms with Crippen LogP contribution in [0.3, 0.4) is 0 Å². The number of anilines is 1. The number of aromatic amines is 1. The van der Waals surface area contributed by atoms with Crippen LogP contribution in [0.4, 0.5) is 5.95 Å². The number of sulfonamides is 1. The summed E-state index contributed by atoms with van der Waals surface area (Å²) in [4.78, 5) is 4.37. The fourth-order valence-electron chi connectivity index (χ4n) is 2.37. The zero-order chi connectivity index (χ0) is 17.9. The van der Waals surface area contributed by atoms with Gasteiger partial charge in [0.15, 0.2) is 0 Å². The number of rotatable bonds is 7. The van der Waals surface area contributed by atoms with E-state index < -0.39 is 10.0 Å². The summed E-state index contributed by atoms with van der Waals surface area (Å²) in [5.41, 5.74) is 0.956. The molecule has 7 nitrogen and oxygen atoms in total. The monoisotopic (exact) mass is 360 g/mol. The van der Waals surface area contributed by atoms with E-state index in [9.17, 15) is 8.42 Å². The predicted octanol–water partition coefficient (Wildman–Crippen LogP) is 3.11. The summed E-state index contributed by atoms with van der Waals surface area (Å²) in [5, 5.41) is 6.67. The number of hydrogen-bond acceptors (Lipinski definition) is 5. The molecule has 3 aromatic rings. The van der Waals surface area contributed by atoms with E-state index in [1.54, 1.807) is 24.5 Å². The van der Waals surface area contributed by atoms with Crippen molar-refractivity contribution < 1.29 is 12.8 Å². The standard InChI is InChI=1S/C17H20N4O3S/c1-12(2)13-5-3-7-15(11-13)25(22,23)21-17-18-16(19-20-17)9-8-14-6-4-10-24-14/h3-7,10-12H,8-9H2,1-2H3,(H2,18,19,20,21). The highest BCUT2D eigenvalue weighted by atomic mass is 32.2. The van der Waals surface area contributed by atoms with Gasteiger partial charge < -0.3 is 4.42 Å². The minimum absolute atomic E-state index is 0.0318. The summed E-state index contributed by atoms with van der Waals surface area (Å²) in [5.74, 6) is 1.70. The van der Waals surface area contributed by atoms with Crippen LogP contribution in [0.5, 0.6) is 0 Å². The van der Waals surface area contributed by atoms with Crippen LogP contribution >= 0.6 is 0 Å². The van der Waals surface area contributed by atoms with Crippen molar-refractivity contribution in [3.8, 4) is 0 Å². The summed E-state index contributed by atoms with van der Waals surface area (Å²) < 4.78 is 32.7. The third-order valence-electron chi connectivity index (χ3n) is 3.78. The van der Waals surface area contributed by atoms with Crippen molar-refractivity contribution in [3.63, 3.8) is 0 Å². The lowest BCUT2D eigenvalue weighted by atomic mass is 10.0. The number of hydrogen-bond donors (Lipinski definition) is 2. The van der Waals surface area contributed by atoms with E-state index in [0.717, 1.165) is 11.3 Å². The van der Waals surface area contributed by atoms with Crippen LogP contribution in [0.2, 0.25) is 0 Å². The van der Waals surface area contributed by atoms with Crippen LogP contribution in [-0.2, 0) is 22.9 Å². The smallest absolute Gasteiger partial charge is 0.264 e. The Morgan fingerprint density at radius 2 is 2.04 bits per heavy atom. The Labute approximate surface area is 146 Å². The summed E-state index contributed by atoms with van der Waals surface area (Å²) in [6, 6.07) is 10.6. The molecule has 3 rings (SSSR count). The molecule has 132 valence electrons. The third kappa shape index (κ3) is 4.27. The van der Waals surface area contributed by atoms with Gasteiger partial charge in [-0.15, -0.1) is 5.10 Å². The van der Waals surface area contributed by atoms with Crippen LogP contribution in [-0.4, -0.2) is 23.6 Å². The fourth-order valence-corrected chi connectivity index (χ4v) is 3.37. The Kier molecular flexibility index (Phi) is 4.89. The minimum atomic E-state index is -3.73. The third-order valence-corrected chi connectivity index (χ3v) is 5.11. The molecule has 0 saturated heterocycles.